The number of nitrogens with two attached hydrogens (primary N) is 1. The monoisotopic (exact) mass is 182 g/mol. The maximum absolute atomic E-state index is 11.3. The summed E-state index contributed by atoms with van der Waals surface area (Å²) in [4.78, 5) is 11.3. The SMILES string of the molecule is CCOC(=O)C1=CCCC=CN1N. The quantitative estimate of drug-likeness (QED) is 0.509. The highest BCUT2D eigenvalue weighted by molar-refractivity contribution is 5.87. The molecule has 0 unspecified atom stereocenters. The first-order valence-electron chi connectivity index (χ1n) is 4.33. The lowest BCUT2D eigenvalue weighted by molar-refractivity contribution is -0.140. The van der Waals surface area contributed by atoms with E-state index in [-0.39, 0.29) is 5.97 Å². The molecule has 0 bridgehead atoms. The van der Waals surface area contributed by atoms with Gasteiger partial charge < -0.3 is 4.74 Å². The molecular weight excluding hydrogens is 168 g/mol. The van der Waals surface area contributed by atoms with Gasteiger partial charge in [0.2, 0.25) is 0 Å². The number of hydrogen-bond acceptors (Lipinski definition) is 4. The third-order valence-corrected chi connectivity index (χ3v) is 1.70. The highest BCUT2D eigenvalue weighted by atomic mass is 16.5. The lowest BCUT2D eigenvalue weighted by Crippen LogP contribution is -2.29. The van der Waals surface area contributed by atoms with Crippen LogP contribution in [-0.4, -0.2) is 17.6 Å². The molecule has 0 radical (unpaired) electrons. The molecule has 2 N–H and O–H groups in total. The molecule has 72 valence electrons. The van der Waals surface area contributed by atoms with Gasteiger partial charge in [-0.3, -0.25) is 5.01 Å². The second-order valence-electron chi connectivity index (χ2n) is 2.68. The van der Waals surface area contributed by atoms with E-state index >= 15 is 0 Å². The van der Waals surface area contributed by atoms with Crippen LogP contribution in [-0.2, 0) is 9.53 Å². The van der Waals surface area contributed by atoms with E-state index in [4.69, 9.17) is 10.6 Å². The van der Waals surface area contributed by atoms with E-state index in [0.29, 0.717) is 12.3 Å². The Morgan fingerprint density at radius 3 is 3.15 bits per heavy atom. The minimum atomic E-state index is -0.364. The Kier molecular flexibility index (Phi) is 3.52. The van der Waals surface area contributed by atoms with Gasteiger partial charge in [0.25, 0.3) is 0 Å². The molecule has 0 fully saturated rings. The number of rotatable bonds is 2. The van der Waals surface area contributed by atoms with Crippen LogP contribution in [0.2, 0.25) is 0 Å². The Bertz CT molecular complexity index is 246. The number of nitrogens with zero attached hydrogens (tertiary/aromatic N) is 1. The van der Waals surface area contributed by atoms with Crippen LogP contribution in [0.3, 0.4) is 0 Å². The van der Waals surface area contributed by atoms with Gasteiger partial charge in [0.05, 0.1) is 6.61 Å². The highest BCUT2D eigenvalue weighted by Crippen LogP contribution is 2.10. The zero-order valence-electron chi connectivity index (χ0n) is 7.69. The number of carbonyl (C=O) groups is 1. The van der Waals surface area contributed by atoms with Crippen molar-refractivity contribution in [2.45, 2.75) is 19.8 Å². The number of allylic oxidation sites excluding steroid dienone is 2. The van der Waals surface area contributed by atoms with E-state index in [1.165, 1.54) is 5.01 Å². The van der Waals surface area contributed by atoms with Crippen molar-refractivity contribution in [1.82, 2.24) is 5.01 Å². The van der Waals surface area contributed by atoms with E-state index < -0.39 is 0 Å². The summed E-state index contributed by atoms with van der Waals surface area (Å²) in [6, 6.07) is 0. The molecule has 0 aromatic carbocycles. The van der Waals surface area contributed by atoms with Gasteiger partial charge in [0, 0.05) is 6.20 Å². The van der Waals surface area contributed by atoms with Crippen molar-refractivity contribution in [3.8, 4) is 0 Å². The molecule has 0 atom stereocenters. The van der Waals surface area contributed by atoms with E-state index in [0.717, 1.165) is 12.8 Å². The van der Waals surface area contributed by atoms with Crippen molar-refractivity contribution in [3.05, 3.63) is 24.0 Å². The Balaban J connectivity index is 2.70. The van der Waals surface area contributed by atoms with Crippen molar-refractivity contribution >= 4 is 5.97 Å². The molecule has 4 nitrogen and oxygen atoms in total. The molecule has 1 heterocycles. The van der Waals surface area contributed by atoms with Crippen LogP contribution in [0, 0.1) is 0 Å². The fraction of sp³-hybridized carbons (Fsp3) is 0.444. The van der Waals surface area contributed by atoms with Crippen molar-refractivity contribution in [2.75, 3.05) is 6.61 Å². The average molecular weight is 182 g/mol. The molecule has 1 rings (SSSR count). The Labute approximate surface area is 77.6 Å². The van der Waals surface area contributed by atoms with Crippen LogP contribution in [0.1, 0.15) is 19.8 Å². The summed E-state index contributed by atoms with van der Waals surface area (Å²) < 4.78 is 4.84. The third-order valence-electron chi connectivity index (χ3n) is 1.70. The molecule has 0 saturated carbocycles. The van der Waals surface area contributed by atoms with Crippen LogP contribution < -0.4 is 5.84 Å². The maximum atomic E-state index is 11.3. The molecule has 0 saturated heterocycles. The zero-order valence-corrected chi connectivity index (χ0v) is 7.69. The highest BCUT2D eigenvalue weighted by Gasteiger charge is 2.14. The number of hydrogen-bond donors (Lipinski definition) is 1. The van der Waals surface area contributed by atoms with E-state index in [1.807, 2.05) is 6.08 Å². The molecule has 1 aliphatic rings. The van der Waals surface area contributed by atoms with Crippen LogP contribution in [0.25, 0.3) is 0 Å². The lowest BCUT2D eigenvalue weighted by atomic mass is 10.3. The molecule has 0 spiro atoms. The number of esters is 1. The Morgan fingerprint density at radius 1 is 1.69 bits per heavy atom. The second kappa shape index (κ2) is 4.67. The summed E-state index contributed by atoms with van der Waals surface area (Å²) in [5, 5.41) is 1.30. The van der Waals surface area contributed by atoms with Gasteiger partial charge >= 0.3 is 5.97 Å². The van der Waals surface area contributed by atoms with Crippen molar-refractivity contribution in [1.29, 1.82) is 0 Å². The summed E-state index contributed by atoms with van der Waals surface area (Å²) in [5.74, 6) is 5.22. The standard InChI is InChI=1S/C9H14N2O2/c1-2-13-9(12)8-6-4-3-5-7-11(8)10/h5-7H,2-4,10H2,1H3. The molecule has 0 aliphatic carbocycles. The molecule has 13 heavy (non-hydrogen) atoms. The van der Waals surface area contributed by atoms with Crippen LogP contribution in [0.4, 0.5) is 0 Å². The van der Waals surface area contributed by atoms with Crippen LogP contribution in [0.15, 0.2) is 24.0 Å². The molecular formula is C9H14N2O2. The van der Waals surface area contributed by atoms with Crippen LogP contribution in [0.5, 0.6) is 0 Å². The lowest BCUT2D eigenvalue weighted by Gasteiger charge is -2.14. The Morgan fingerprint density at radius 2 is 2.46 bits per heavy atom. The predicted molar refractivity (Wildman–Crippen MR) is 49.1 cm³/mol. The second-order valence-corrected chi connectivity index (χ2v) is 2.68. The number of ether oxygens (including phenoxy) is 1. The van der Waals surface area contributed by atoms with Crippen molar-refractivity contribution in [3.63, 3.8) is 0 Å². The van der Waals surface area contributed by atoms with Gasteiger partial charge in [-0.2, -0.15) is 0 Å². The van der Waals surface area contributed by atoms with E-state index in [1.54, 1.807) is 19.2 Å². The smallest absolute Gasteiger partial charge is 0.356 e. The zero-order chi connectivity index (χ0) is 9.68. The molecule has 0 aromatic rings. The number of hydrazine groups is 1. The third kappa shape index (κ3) is 2.59. The topological polar surface area (TPSA) is 55.6 Å². The van der Waals surface area contributed by atoms with Gasteiger partial charge in [-0.1, -0.05) is 12.2 Å². The summed E-state index contributed by atoms with van der Waals surface area (Å²) in [7, 11) is 0. The minimum absolute atomic E-state index is 0.364. The largest absolute Gasteiger partial charge is 0.461 e. The minimum Gasteiger partial charge on any atom is -0.461 e. The average Bonchev–Trinajstić information content (AvgIpc) is 2.30. The number of carbonyl (C=O) groups excluding carboxylic acids is 1. The summed E-state index contributed by atoms with van der Waals surface area (Å²) in [6.07, 6.45) is 7.10. The summed E-state index contributed by atoms with van der Waals surface area (Å²) in [6.45, 7) is 2.14. The fourth-order valence-electron chi connectivity index (χ4n) is 1.08. The molecule has 0 aromatic heterocycles. The van der Waals surface area contributed by atoms with Gasteiger partial charge in [-0.05, 0) is 19.8 Å². The first-order valence-corrected chi connectivity index (χ1v) is 4.33. The summed E-state index contributed by atoms with van der Waals surface area (Å²) >= 11 is 0. The predicted octanol–water partition coefficient (Wildman–Crippen LogP) is 0.917. The summed E-state index contributed by atoms with van der Waals surface area (Å²) in [5.41, 5.74) is 0.413. The maximum Gasteiger partial charge on any atom is 0.356 e. The van der Waals surface area contributed by atoms with E-state index in [9.17, 15) is 4.79 Å². The normalized spacial score (nSPS) is 16.5. The van der Waals surface area contributed by atoms with Crippen LogP contribution >= 0.6 is 0 Å². The first-order chi connectivity index (χ1) is 6.25. The molecule has 1 aliphatic heterocycles. The fourth-order valence-corrected chi connectivity index (χ4v) is 1.08. The van der Waals surface area contributed by atoms with Gasteiger partial charge in [0.15, 0.2) is 0 Å². The van der Waals surface area contributed by atoms with Gasteiger partial charge in [0.1, 0.15) is 5.70 Å². The van der Waals surface area contributed by atoms with E-state index in [2.05, 4.69) is 0 Å². The van der Waals surface area contributed by atoms with Gasteiger partial charge in [-0.25, -0.2) is 10.6 Å². The molecule has 0 amide bonds. The van der Waals surface area contributed by atoms with Gasteiger partial charge in [-0.15, -0.1) is 0 Å². The first kappa shape index (κ1) is 9.80. The molecule has 4 heteroatoms. The van der Waals surface area contributed by atoms with Crippen molar-refractivity contribution < 1.29 is 9.53 Å². The Hall–Kier alpha value is -1.29. The van der Waals surface area contributed by atoms with Crippen molar-refractivity contribution in [2.24, 2.45) is 5.84 Å².